The molecule has 0 atom stereocenters. The van der Waals surface area contributed by atoms with Gasteiger partial charge in [-0.15, -0.1) is 0 Å². The first-order valence-electron chi connectivity index (χ1n) is 8.11. The molecule has 1 amide bonds. The lowest BCUT2D eigenvalue weighted by Crippen LogP contribution is -2.31. The number of rotatable bonds is 8. The zero-order valence-electron chi connectivity index (χ0n) is 13.9. The number of hydrogen-bond acceptors (Lipinski definition) is 3. The number of carboxylic acid groups (broad SMARTS) is 1. The van der Waals surface area contributed by atoms with Crippen molar-refractivity contribution in [2.45, 2.75) is 25.8 Å². The molecule has 0 aliphatic carbocycles. The fourth-order valence-corrected chi connectivity index (χ4v) is 2.52. The SMILES string of the molecule is N#CCc1ccc(C(=O)N(CCCC(=O)O)Cc2ccccc2)cc1. The van der Waals surface area contributed by atoms with Gasteiger partial charge in [-0.3, -0.25) is 9.59 Å². The van der Waals surface area contributed by atoms with Gasteiger partial charge in [-0.1, -0.05) is 42.5 Å². The van der Waals surface area contributed by atoms with E-state index < -0.39 is 5.97 Å². The maximum atomic E-state index is 12.8. The molecule has 0 spiro atoms. The van der Waals surface area contributed by atoms with Gasteiger partial charge in [-0.25, -0.2) is 0 Å². The molecular weight excluding hydrogens is 316 g/mol. The Morgan fingerprint density at radius 2 is 1.68 bits per heavy atom. The molecule has 0 aromatic heterocycles. The van der Waals surface area contributed by atoms with Crippen molar-refractivity contribution in [3.8, 4) is 6.07 Å². The van der Waals surface area contributed by atoms with Crippen LogP contribution in [-0.2, 0) is 17.8 Å². The number of nitriles is 1. The summed E-state index contributed by atoms with van der Waals surface area (Å²) in [5, 5.41) is 17.5. The predicted octanol–water partition coefficient (Wildman–Crippen LogP) is 3.26. The molecule has 0 aliphatic rings. The summed E-state index contributed by atoms with van der Waals surface area (Å²) in [6.07, 6.45) is 0.737. The molecule has 0 saturated heterocycles. The Balaban J connectivity index is 2.13. The Morgan fingerprint density at radius 1 is 1.00 bits per heavy atom. The lowest BCUT2D eigenvalue weighted by molar-refractivity contribution is -0.137. The summed E-state index contributed by atoms with van der Waals surface area (Å²) in [7, 11) is 0. The van der Waals surface area contributed by atoms with Crippen molar-refractivity contribution in [3.63, 3.8) is 0 Å². The topological polar surface area (TPSA) is 81.4 Å². The van der Waals surface area contributed by atoms with E-state index in [1.54, 1.807) is 29.2 Å². The third-order valence-corrected chi connectivity index (χ3v) is 3.81. The quantitative estimate of drug-likeness (QED) is 0.802. The molecule has 5 heteroatoms. The summed E-state index contributed by atoms with van der Waals surface area (Å²) in [6.45, 7) is 0.805. The highest BCUT2D eigenvalue weighted by Crippen LogP contribution is 2.13. The van der Waals surface area contributed by atoms with Crippen LogP contribution in [0.5, 0.6) is 0 Å². The highest BCUT2D eigenvalue weighted by atomic mass is 16.4. The van der Waals surface area contributed by atoms with E-state index in [-0.39, 0.29) is 12.3 Å². The zero-order valence-corrected chi connectivity index (χ0v) is 13.9. The van der Waals surface area contributed by atoms with Gasteiger partial charge >= 0.3 is 5.97 Å². The van der Waals surface area contributed by atoms with E-state index in [4.69, 9.17) is 10.4 Å². The van der Waals surface area contributed by atoms with Gasteiger partial charge in [0, 0.05) is 25.1 Å². The van der Waals surface area contributed by atoms with Crippen molar-refractivity contribution in [1.82, 2.24) is 4.90 Å². The lowest BCUT2D eigenvalue weighted by Gasteiger charge is -2.23. The molecule has 25 heavy (non-hydrogen) atoms. The van der Waals surface area contributed by atoms with Gasteiger partial charge in [0.1, 0.15) is 0 Å². The number of hydrogen-bond donors (Lipinski definition) is 1. The van der Waals surface area contributed by atoms with Crippen LogP contribution < -0.4 is 0 Å². The van der Waals surface area contributed by atoms with Crippen LogP contribution in [0.3, 0.4) is 0 Å². The summed E-state index contributed by atoms with van der Waals surface area (Å²) < 4.78 is 0. The summed E-state index contributed by atoms with van der Waals surface area (Å²) in [6, 6.07) is 18.6. The highest BCUT2D eigenvalue weighted by Gasteiger charge is 2.16. The monoisotopic (exact) mass is 336 g/mol. The van der Waals surface area contributed by atoms with Crippen LogP contribution in [0.1, 0.15) is 34.3 Å². The minimum atomic E-state index is -0.868. The lowest BCUT2D eigenvalue weighted by atomic mass is 10.1. The Bertz CT molecular complexity index is 749. The van der Waals surface area contributed by atoms with E-state index in [0.29, 0.717) is 31.5 Å². The minimum Gasteiger partial charge on any atom is -0.481 e. The predicted molar refractivity (Wildman–Crippen MR) is 93.8 cm³/mol. The molecule has 2 aromatic carbocycles. The van der Waals surface area contributed by atoms with Crippen LogP contribution in [0.15, 0.2) is 54.6 Å². The summed E-state index contributed by atoms with van der Waals surface area (Å²) in [4.78, 5) is 25.2. The molecule has 0 unspecified atom stereocenters. The Kier molecular flexibility index (Phi) is 6.73. The van der Waals surface area contributed by atoms with Crippen LogP contribution in [0.4, 0.5) is 0 Å². The number of carboxylic acids is 1. The fraction of sp³-hybridized carbons (Fsp3) is 0.250. The molecule has 0 aliphatic heterocycles. The van der Waals surface area contributed by atoms with E-state index in [9.17, 15) is 9.59 Å². The van der Waals surface area contributed by atoms with Crippen LogP contribution in [0, 0.1) is 11.3 Å². The molecule has 128 valence electrons. The van der Waals surface area contributed by atoms with Crippen LogP contribution >= 0.6 is 0 Å². The van der Waals surface area contributed by atoms with E-state index in [1.807, 2.05) is 30.3 Å². The van der Waals surface area contributed by atoms with Gasteiger partial charge in [0.25, 0.3) is 5.91 Å². The number of benzene rings is 2. The molecule has 0 radical (unpaired) electrons. The van der Waals surface area contributed by atoms with Crippen LogP contribution in [0.2, 0.25) is 0 Å². The standard InChI is InChI=1S/C20H20N2O3/c21-13-12-16-8-10-18(11-9-16)20(25)22(14-4-7-19(23)24)15-17-5-2-1-3-6-17/h1-3,5-6,8-11H,4,7,12,14-15H2,(H,23,24). The van der Waals surface area contributed by atoms with Gasteiger partial charge in [-0.05, 0) is 29.7 Å². The van der Waals surface area contributed by atoms with E-state index in [2.05, 4.69) is 6.07 Å². The normalized spacial score (nSPS) is 10.0. The molecule has 0 fully saturated rings. The highest BCUT2D eigenvalue weighted by molar-refractivity contribution is 5.94. The second-order valence-corrected chi connectivity index (χ2v) is 5.74. The average Bonchev–Trinajstić information content (AvgIpc) is 2.62. The summed E-state index contributed by atoms with van der Waals surface area (Å²) in [5.41, 5.74) is 2.39. The van der Waals surface area contributed by atoms with Gasteiger partial charge in [0.05, 0.1) is 12.5 Å². The molecule has 0 bridgehead atoms. The molecular formula is C20H20N2O3. The van der Waals surface area contributed by atoms with E-state index in [1.165, 1.54) is 0 Å². The zero-order chi connectivity index (χ0) is 18.1. The number of amides is 1. The molecule has 2 rings (SSSR count). The Labute approximate surface area is 147 Å². The summed E-state index contributed by atoms with van der Waals surface area (Å²) >= 11 is 0. The smallest absolute Gasteiger partial charge is 0.303 e. The largest absolute Gasteiger partial charge is 0.481 e. The number of nitrogens with zero attached hydrogens (tertiary/aromatic N) is 2. The maximum absolute atomic E-state index is 12.8. The first-order chi connectivity index (χ1) is 12.1. The van der Waals surface area contributed by atoms with E-state index >= 15 is 0 Å². The molecule has 2 aromatic rings. The van der Waals surface area contributed by atoms with Gasteiger partial charge < -0.3 is 10.0 Å². The van der Waals surface area contributed by atoms with Crippen molar-refractivity contribution in [1.29, 1.82) is 5.26 Å². The second kappa shape index (κ2) is 9.24. The van der Waals surface area contributed by atoms with Gasteiger partial charge in [-0.2, -0.15) is 5.26 Å². The number of aliphatic carboxylic acids is 1. The van der Waals surface area contributed by atoms with Gasteiger partial charge in [0.15, 0.2) is 0 Å². The first kappa shape index (κ1) is 18.2. The van der Waals surface area contributed by atoms with E-state index in [0.717, 1.165) is 11.1 Å². The molecule has 0 heterocycles. The molecule has 0 saturated carbocycles. The van der Waals surface area contributed by atoms with Crippen molar-refractivity contribution in [3.05, 3.63) is 71.3 Å². The third-order valence-electron chi connectivity index (χ3n) is 3.81. The molecule has 1 N–H and O–H groups in total. The van der Waals surface area contributed by atoms with Crippen LogP contribution in [0.25, 0.3) is 0 Å². The maximum Gasteiger partial charge on any atom is 0.303 e. The van der Waals surface area contributed by atoms with Crippen molar-refractivity contribution < 1.29 is 14.7 Å². The summed E-state index contributed by atoms with van der Waals surface area (Å²) in [5.74, 6) is -1.01. The fourth-order valence-electron chi connectivity index (χ4n) is 2.52. The molecule has 5 nitrogen and oxygen atoms in total. The van der Waals surface area contributed by atoms with Crippen molar-refractivity contribution >= 4 is 11.9 Å². The number of carbonyl (C=O) groups excluding carboxylic acids is 1. The first-order valence-corrected chi connectivity index (χ1v) is 8.11. The Hall–Kier alpha value is -3.13. The number of carbonyl (C=O) groups is 2. The van der Waals surface area contributed by atoms with Gasteiger partial charge in [0.2, 0.25) is 0 Å². The average molecular weight is 336 g/mol. The van der Waals surface area contributed by atoms with Crippen molar-refractivity contribution in [2.75, 3.05) is 6.54 Å². The third kappa shape index (κ3) is 5.78. The second-order valence-electron chi connectivity index (χ2n) is 5.74. The Morgan fingerprint density at radius 3 is 2.28 bits per heavy atom. The minimum absolute atomic E-state index is 0.0275. The van der Waals surface area contributed by atoms with Crippen LogP contribution in [-0.4, -0.2) is 28.4 Å². The van der Waals surface area contributed by atoms with Crippen molar-refractivity contribution in [2.24, 2.45) is 0 Å².